The first-order valence-electron chi connectivity index (χ1n) is 7.63. The SMILES string of the molecule is CCOC(=O)C(Cn1c([N+](=O)[O-])cnc1C)OC1CCCCO1. The minimum atomic E-state index is -0.982. The van der Waals surface area contributed by atoms with Crippen molar-refractivity contribution < 1.29 is 23.9 Å². The third kappa shape index (κ3) is 4.49. The molecule has 1 aromatic heterocycles. The number of carbonyl (C=O) groups excluding carboxylic acids is 1. The molecule has 0 aromatic carbocycles. The maximum absolute atomic E-state index is 12.1. The van der Waals surface area contributed by atoms with Crippen LogP contribution in [0.15, 0.2) is 6.20 Å². The Kier molecular flexibility index (Phi) is 6.05. The van der Waals surface area contributed by atoms with Gasteiger partial charge in [-0.2, -0.15) is 0 Å². The highest BCUT2D eigenvalue weighted by Gasteiger charge is 2.31. The number of rotatable bonds is 7. The predicted octanol–water partition coefficient (Wildman–Crippen LogP) is 1.57. The molecule has 23 heavy (non-hydrogen) atoms. The summed E-state index contributed by atoms with van der Waals surface area (Å²) in [7, 11) is 0. The number of nitro groups is 1. The van der Waals surface area contributed by atoms with Crippen LogP contribution in [-0.2, 0) is 25.5 Å². The van der Waals surface area contributed by atoms with E-state index < -0.39 is 23.3 Å². The van der Waals surface area contributed by atoms with Crippen molar-refractivity contribution in [2.24, 2.45) is 0 Å². The van der Waals surface area contributed by atoms with Gasteiger partial charge in [0.25, 0.3) is 0 Å². The molecule has 9 nitrogen and oxygen atoms in total. The zero-order chi connectivity index (χ0) is 16.8. The van der Waals surface area contributed by atoms with Gasteiger partial charge in [-0.3, -0.25) is 0 Å². The van der Waals surface area contributed by atoms with Crippen LogP contribution in [0, 0.1) is 17.0 Å². The van der Waals surface area contributed by atoms with E-state index in [1.54, 1.807) is 13.8 Å². The Morgan fingerprint density at radius 3 is 3.00 bits per heavy atom. The summed E-state index contributed by atoms with van der Waals surface area (Å²) < 4.78 is 17.5. The largest absolute Gasteiger partial charge is 0.464 e. The summed E-state index contributed by atoms with van der Waals surface area (Å²) in [5, 5.41) is 11.1. The van der Waals surface area contributed by atoms with E-state index in [9.17, 15) is 14.9 Å². The molecule has 2 atom stereocenters. The highest BCUT2D eigenvalue weighted by atomic mass is 16.7. The van der Waals surface area contributed by atoms with Gasteiger partial charge in [-0.15, -0.1) is 0 Å². The Balaban J connectivity index is 2.15. The topological polar surface area (TPSA) is 106 Å². The van der Waals surface area contributed by atoms with Gasteiger partial charge in [-0.25, -0.2) is 14.3 Å². The van der Waals surface area contributed by atoms with Crippen molar-refractivity contribution in [3.05, 3.63) is 22.1 Å². The van der Waals surface area contributed by atoms with E-state index in [0.717, 1.165) is 19.0 Å². The van der Waals surface area contributed by atoms with Gasteiger partial charge in [0.05, 0.1) is 6.61 Å². The fourth-order valence-electron chi connectivity index (χ4n) is 2.40. The Morgan fingerprint density at radius 2 is 2.39 bits per heavy atom. The lowest BCUT2D eigenvalue weighted by Gasteiger charge is -2.26. The second-order valence-corrected chi connectivity index (χ2v) is 5.20. The van der Waals surface area contributed by atoms with Crippen LogP contribution >= 0.6 is 0 Å². The van der Waals surface area contributed by atoms with E-state index in [-0.39, 0.29) is 19.0 Å². The minimum absolute atomic E-state index is 0.0408. The number of hydrogen-bond donors (Lipinski definition) is 0. The first-order valence-corrected chi connectivity index (χ1v) is 7.63. The lowest BCUT2D eigenvalue weighted by Crippen LogP contribution is -2.37. The third-order valence-electron chi connectivity index (χ3n) is 3.57. The summed E-state index contributed by atoms with van der Waals surface area (Å²) in [5.74, 6) is -0.326. The Labute approximate surface area is 133 Å². The number of ether oxygens (including phenoxy) is 3. The van der Waals surface area contributed by atoms with Gasteiger partial charge in [0.2, 0.25) is 0 Å². The van der Waals surface area contributed by atoms with Crippen molar-refractivity contribution in [1.29, 1.82) is 0 Å². The number of hydrogen-bond acceptors (Lipinski definition) is 7. The first-order chi connectivity index (χ1) is 11.0. The van der Waals surface area contributed by atoms with Crippen LogP contribution in [0.3, 0.4) is 0 Å². The number of esters is 1. The molecule has 0 bridgehead atoms. The zero-order valence-electron chi connectivity index (χ0n) is 13.3. The number of carbonyl (C=O) groups is 1. The van der Waals surface area contributed by atoms with Crippen molar-refractivity contribution >= 4 is 11.8 Å². The highest BCUT2D eigenvalue weighted by molar-refractivity contribution is 5.74. The molecule has 1 saturated heterocycles. The van der Waals surface area contributed by atoms with Crippen LogP contribution in [0.25, 0.3) is 0 Å². The summed E-state index contributed by atoms with van der Waals surface area (Å²) in [6.07, 6.45) is 2.27. The third-order valence-corrected chi connectivity index (χ3v) is 3.57. The molecule has 2 rings (SSSR count). The van der Waals surface area contributed by atoms with Crippen molar-refractivity contribution in [3.8, 4) is 0 Å². The van der Waals surface area contributed by atoms with Gasteiger partial charge in [0.15, 0.2) is 18.2 Å². The summed E-state index contributed by atoms with van der Waals surface area (Å²) in [6, 6.07) is 0. The zero-order valence-corrected chi connectivity index (χ0v) is 13.3. The molecule has 0 N–H and O–H groups in total. The van der Waals surface area contributed by atoms with Crippen LogP contribution in [0.1, 0.15) is 32.0 Å². The fraction of sp³-hybridized carbons (Fsp3) is 0.714. The van der Waals surface area contributed by atoms with E-state index >= 15 is 0 Å². The Hall–Kier alpha value is -2.00. The molecule has 9 heteroatoms. The molecule has 0 spiro atoms. The molecule has 0 radical (unpaired) electrons. The molecular weight excluding hydrogens is 306 g/mol. The molecule has 1 aliphatic heterocycles. The standard InChI is InChI=1S/C14H21N3O6/c1-3-21-14(18)11(23-13-6-4-5-7-22-13)9-16-10(2)15-8-12(16)17(19)20/h8,11,13H,3-7,9H2,1-2H3. The second kappa shape index (κ2) is 8.02. The normalized spacial score (nSPS) is 19.3. The second-order valence-electron chi connectivity index (χ2n) is 5.20. The van der Waals surface area contributed by atoms with Crippen LogP contribution in [0.4, 0.5) is 5.82 Å². The van der Waals surface area contributed by atoms with Gasteiger partial charge in [-0.05, 0) is 31.1 Å². The quantitative estimate of drug-likeness (QED) is 0.425. The van der Waals surface area contributed by atoms with Crippen LogP contribution in [-0.4, -0.2) is 46.1 Å². The van der Waals surface area contributed by atoms with Gasteiger partial charge >= 0.3 is 11.8 Å². The van der Waals surface area contributed by atoms with E-state index in [4.69, 9.17) is 14.2 Å². The monoisotopic (exact) mass is 327 g/mol. The lowest BCUT2D eigenvalue weighted by atomic mass is 10.2. The van der Waals surface area contributed by atoms with Crippen molar-refractivity contribution in [1.82, 2.24) is 9.55 Å². The van der Waals surface area contributed by atoms with Gasteiger partial charge in [-0.1, -0.05) is 0 Å². The lowest BCUT2D eigenvalue weighted by molar-refractivity contribution is -0.392. The highest BCUT2D eigenvalue weighted by Crippen LogP contribution is 2.20. The predicted molar refractivity (Wildman–Crippen MR) is 78.7 cm³/mol. The molecule has 0 amide bonds. The van der Waals surface area contributed by atoms with Crippen LogP contribution in [0.2, 0.25) is 0 Å². The molecular formula is C14H21N3O6. The summed E-state index contributed by atoms with van der Waals surface area (Å²) in [6.45, 7) is 4.06. The van der Waals surface area contributed by atoms with Crippen molar-refractivity contribution in [2.45, 2.75) is 52.0 Å². The number of aryl methyl sites for hydroxylation is 1. The van der Waals surface area contributed by atoms with E-state index in [2.05, 4.69) is 4.98 Å². The maximum atomic E-state index is 12.1. The van der Waals surface area contributed by atoms with E-state index in [1.807, 2.05) is 0 Å². The van der Waals surface area contributed by atoms with Gasteiger partial charge in [0, 0.05) is 13.5 Å². The number of aromatic nitrogens is 2. The Bertz CT molecular complexity index is 553. The van der Waals surface area contributed by atoms with Crippen molar-refractivity contribution in [3.63, 3.8) is 0 Å². The summed E-state index contributed by atoms with van der Waals surface area (Å²) in [4.78, 5) is 26.6. The first kappa shape index (κ1) is 17.4. The molecule has 1 aromatic rings. The fourth-order valence-corrected chi connectivity index (χ4v) is 2.40. The number of imidazole rings is 1. The average Bonchev–Trinajstić information content (AvgIpc) is 2.89. The molecule has 1 aliphatic rings. The molecule has 2 heterocycles. The van der Waals surface area contributed by atoms with Gasteiger partial charge in [0.1, 0.15) is 12.7 Å². The average molecular weight is 327 g/mol. The van der Waals surface area contributed by atoms with Gasteiger partial charge < -0.3 is 24.3 Å². The van der Waals surface area contributed by atoms with Crippen LogP contribution in [0.5, 0.6) is 0 Å². The summed E-state index contributed by atoms with van der Waals surface area (Å²) in [5.41, 5.74) is 0. The van der Waals surface area contributed by atoms with E-state index in [0.29, 0.717) is 18.9 Å². The number of nitrogens with zero attached hydrogens (tertiary/aromatic N) is 3. The van der Waals surface area contributed by atoms with Crippen molar-refractivity contribution in [2.75, 3.05) is 13.2 Å². The molecule has 0 saturated carbocycles. The maximum Gasteiger partial charge on any atom is 0.342 e. The minimum Gasteiger partial charge on any atom is -0.464 e. The smallest absolute Gasteiger partial charge is 0.342 e. The van der Waals surface area contributed by atoms with Crippen LogP contribution < -0.4 is 0 Å². The summed E-state index contributed by atoms with van der Waals surface area (Å²) >= 11 is 0. The Morgan fingerprint density at radius 1 is 1.61 bits per heavy atom. The molecule has 1 fully saturated rings. The molecule has 128 valence electrons. The van der Waals surface area contributed by atoms with E-state index in [1.165, 1.54) is 4.57 Å². The molecule has 0 aliphatic carbocycles. The molecule has 2 unspecified atom stereocenters.